The molecule has 8 nitrogen and oxygen atoms in total. The summed E-state index contributed by atoms with van der Waals surface area (Å²) in [7, 11) is 1.61. The summed E-state index contributed by atoms with van der Waals surface area (Å²) in [5.74, 6) is 1.67. The fourth-order valence-electron chi connectivity index (χ4n) is 3.92. The van der Waals surface area contributed by atoms with Gasteiger partial charge in [0.1, 0.15) is 5.75 Å². The molecule has 1 aliphatic heterocycles. The van der Waals surface area contributed by atoms with E-state index < -0.39 is 0 Å². The molecule has 0 unspecified atom stereocenters. The molecule has 0 saturated carbocycles. The van der Waals surface area contributed by atoms with E-state index in [1.54, 1.807) is 7.11 Å². The summed E-state index contributed by atoms with van der Waals surface area (Å²) in [4.78, 5) is 31.5. The number of rotatable bonds is 8. The van der Waals surface area contributed by atoms with Crippen LogP contribution in [0.1, 0.15) is 47.5 Å². The average Bonchev–Trinajstić information content (AvgIpc) is 3.53. The smallest absolute Gasteiger partial charge is 0.254 e. The van der Waals surface area contributed by atoms with Crippen molar-refractivity contribution in [3.8, 4) is 17.1 Å². The zero-order valence-electron chi connectivity index (χ0n) is 19.0. The Hall–Kier alpha value is -3.68. The predicted molar refractivity (Wildman–Crippen MR) is 124 cm³/mol. The minimum absolute atomic E-state index is 0.0326. The van der Waals surface area contributed by atoms with Crippen LogP contribution in [0.4, 0.5) is 5.69 Å². The number of hydrogen-bond acceptors (Lipinski definition) is 6. The molecule has 1 N–H and O–H groups in total. The lowest BCUT2D eigenvalue weighted by Gasteiger charge is -2.18. The van der Waals surface area contributed by atoms with E-state index in [1.807, 2.05) is 54.3 Å². The van der Waals surface area contributed by atoms with E-state index in [1.165, 1.54) is 0 Å². The minimum Gasteiger partial charge on any atom is -0.497 e. The van der Waals surface area contributed by atoms with Crippen molar-refractivity contribution < 1.29 is 18.8 Å². The molecule has 2 aromatic carbocycles. The van der Waals surface area contributed by atoms with Crippen molar-refractivity contribution in [2.24, 2.45) is 0 Å². The lowest BCUT2D eigenvalue weighted by atomic mass is 10.1. The second kappa shape index (κ2) is 10.3. The summed E-state index contributed by atoms with van der Waals surface area (Å²) >= 11 is 0. The van der Waals surface area contributed by atoms with Crippen molar-refractivity contribution in [2.75, 3.05) is 25.5 Å². The van der Waals surface area contributed by atoms with Gasteiger partial charge >= 0.3 is 0 Å². The number of likely N-dealkylation sites (tertiary alicyclic amines) is 1. The minimum atomic E-state index is -0.112. The molecule has 1 aromatic heterocycles. The Morgan fingerprint density at radius 2 is 1.88 bits per heavy atom. The Kier molecular flexibility index (Phi) is 7.02. The summed E-state index contributed by atoms with van der Waals surface area (Å²) in [5, 5.41) is 6.95. The number of aromatic nitrogens is 2. The number of methoxy groups -OCH3 is 1. The van der Waals surface area contributed by atoms with E-state index in [0.717, 1.165) is 42.8 Å². The molecule has 0 bridgehead atoms. The molecule has 2 amide bonds. The molecule has 172 valence electrons. The standard InChI is InChI=1S/C25H28N4O4/c1-17-20(25(31)29-15-3-4-16-29)7-5-8-21(17)26-22(30)9-6-10-23-27-24(28-33-23)18-11-13-19(32-2)14-12-18/h5,7-8,11-14H,3-4,6,9-10,15-16H2,1-2H3,(H,26,30). The summed E-state index contributed by atoms with van der Waals surface area (Å²) in [6.45, 7) is 3.47. The van der Waals surface area contributed by atoms with Crippen molar-refractivity contribution in [1.82, 2.24) is 15.0 Å². The zero-order chi connectivity index (χ0) is 23.2. The lowest BCUT2D eigenvalue weighted by Crippen LogP contribution is -2.28. The van der Waals surface area contributed by atoms with Crippen LogP contribution in [-0.2, 0) is 11.2 Å². The predicted octanol–water partition coefficient (Wildman–Crippen LogP) is 4.25. The summed E-state index contributed by atoms with van der Waals surface area (Å²) < 4.78 is 10.5. The molecule has 33 heavy (non-hydrogen) atoms. The first-order valence-corrected chi connectivity index (χ1v) is 11.2. The summed E-state index contributed by atoms with van der Waals surface area (Å²) in [5.41, 5.74) is 2.95. The van der Waals surface area contributed by atoms with Crippen molar-refractivity contribution in [3.63, 3.8) is 0 Å². The van der Waals surface area contributed by atoms with E-state index in [0.29, 0.717) is 42.2 Å². The maximum atomic E-state index is 12.8. The van der Waals surface area contributed by atoms with E-state index >= 15 is 0 Å². The number of anilines is 1. The van der Waals surface area contributed by atoms with Crippen molar-refractivity contribution in [1.29, 1.82) is 0 Å². The molecule has 0 aliphatic carbocycles. The largest absolute Gasteiger partial charge is 0.497 e. The summed E-state index contributed by atoms with van der Waals surface area (Å²) in [6, 6.07) is 12.9. The summed E-state index contributed by atoms with van der Waals surface area (Å²) in [6.07, 6.45) is 3.47. The van der Waals surface area contributed by atoms with Gasteiger partial charge in [-0.3, -0.25) is 9.59 Å². The average molecular weight is 449 g/mol. The third-order valence-electron chi connectivity index (χ3n) is 5.84. The number of nitrogens with zero attached hydrogens (tertiary/aromatic N) is 3. The highest BCUT2D eigenvalue weighted by molar-refractivity contribution is 5.99. The maximum absolute atomic E-state index is 12.8. The number of aryl methyl sites for hydroxylation is 1. The fourth-order valence-corrected chi connectivity index (χ4v) is 3.92. The fraction of sp³-hybridized carbons (Fsp3) is 0.360. The molecule has 0 atom stereocenters. The molecule has 3 aromatic rings. The molecule has 4 rings (SSSR count). The van der Waals surface area contributed by atoms with Gasteiger partial charge in [-0.15, -0.1) is 0 Å². The zero-order valence-corrected chi connectivity index (χ0v) is 19.0. The van der Waals surface area contributed by atoms with Crippen molar-refractivity contribution in [3.05, 3.63) is 59.5 Å². The monoisotopic (exact) mass is 448 g/mol. The quantitative estimate of drug-likeness (QED) is 0.553. The number of carbonyl (C=O) groups is 2. The Morgan fingerprint density at radius 1 is 1.12 bits per heavy atom. The van der Waals surface area contributed by atoms with Crippen LogP contribution in [0, 0.1) is 6.92 Å². The highest BCUT2D eigenvalue weighted by atomic mass is 16.5. The van der Waals surface area contributed by atoms with Crippen molar-refractivity contribution >= 4 is 17.5 Å². The Labute approximate surface area is 192 Å². The Morgan fingerprint density at radius 3 is 2.61 bits per heavy atom. The highest BCUT2D eigenvalue weighted by Crippen LogP contribution is 2.23. The topological polar surface area (TPSA) is 97.6 Å². The van der Waals surface area contributed by atoms with E-state index in [-0.39, 0.29) is 11.8 Å². The molecular formula is C25H28N4O4. The van der Waals surface area contributed by atoms with Gasteiger partial charge < -0.3 is 19.5 Å². The molecular weight excluding hydrogens is 420 g/mol. The molecule has 1 saturated heterocycles. The normalized spacial score (nSPS) is 13.2. The SMILES string of the molecule is COc1ccc(-c2noc(CCCC(=O)Nc3cccc(C(=O)N4CCCC4)c3C)n2)cc1. The van der Waals surface area contributed by atoms with Gasteiger partial charge in [0.25, 0.3) is 5.91 Å². The number of carbonyl (C=O) groups excluding carboxylic acids is 2. The first-order chi connectivity index (χ1) is 16.0. The van der Waals surface area contributed by atoms with E-state index in [4.69, 9.17) is 9.26 Å². The van der Waals surface area contributed by atoms with Crippen LogP contribution in [0.15, 0.2) is 47.0 Å². The van der Waals surface area contributed by atoms with Gasteiger partial charge in [-0.2, -0.15) is 4.98 Å². The second-order valence-corrected chi connectivity index (χ2v) is 8.12. The third-order valence-corrected chi connectivity index (χ3v) is 5.84. The number of nitrogens with one attached hydrogen (secondary N) is 1. The van der Waals surface area contributed by atoms with Gasteiger partial charge in [0, 0.05) is 42.7 Å². The van der Waals surface area contributed by atoms with Crippen LogP contribution in [0.2, 0.25) is 0 Å². The van der Waals surface area contributed by atoms with E-state index in [2.05, 4.69) is 15.5 Å². The van der Waals surface area contributed by atoms with Crippen LogP contribution in [0.25, 0.3) is 11.4 Å². The van der Waals surface area contributed by atoms with Crippen LogP contribution >= 0.6 is 0 Å². The molecule has 8 heteroatoms. The third kappa shape index (κ3) is 5.39. The van der Waals surface area contributed by atoms with Gasteiger partial charge in [-0.1, -0.05) is 11.2 Å². The van der Waals surface area contributed by atoms with Gasteiger partial charge in [0.05, 0.1) is 7.11 Å². The molecule has 1 aliphatic rings. The van der Waals surface area contributed by atoms with E-state index in [9.17, 15) is 9.59 Å². The number of hydrogen-bond donors (Lipinski definition) is 1. The molecule has 1 fully saturated rings. The van der Waals surface area contributed by atoms with Crippen LogP contribution in [-0.4, -0.2) is 47.1 Å². The van der Waals surface area contributed by atoms with Crippen LogP contribution in [0.3, 0.4) is 0 Å². The van der Waals surface area contributed by atoms with Crippen molar-refractivity contribution in [2.45, 2.75) is 39.0 Å². The molecule has 0 spiro atoms. The number of ether oxygens (including phenoxy) is 1. The molecule has 0 radical (unpaired) electrons. The Balaban J connectivity index is 1.30. The number of benzene rings is 2. The van der Waals surface area contributed by atoms with Gasteiger partial charge in [-0.05, 0) is 68.1 Å². The molecule has 2 heterocycles. The second-order valence-electron chi connectivity index (χ2n) is 8.12. The lowest BCUT2D eigenvalue weighted by molar-refractivity contribution is -0.116. The van der Waals surface area contributed by atoms with Gasteiger partial charge in [0.15, 0.2) is 0 Å². The van der Waals surface area contributed by atoms with Crippen LogP contribution < -0.4 is 10.1 Å². The van der Waals surface area contributed by atoms with Crippen LogP contribution in [0.5, 0.6) is 5.75 Å². The van der Waals surface area contributed by atoms with Gasteiger partial charge in [-0.25, -0.2) is 0 Å². The van der Waals surface area contributed by atoms with Gasteiger partial charge in [0.2, 0.25) is 17.6 Å². The maximum Gasteiger partial charge on any atom is 0.254 e. The first kappa shape index (κ1) is 22.5. The Bertz CT molecular complexity index is 1120. The highest BCUT2D eigenvalue weighted by Gasteiger charge is 2.22. The first-order valence-electron chi connectivity index (χ1n) is 11.2. The number of amides is 2.